The van der Waals surface area contributed by atoms with Crippen LogP contribution in [0.25, 0.3) is 0 Å². The Morgan fingerprint density at radius 1 is 0.676 bits per heavy atom. The number of carbonyl (C=O) groups is 2. The van der Waals surface area contributed by atoms with Gasteiger partial charge < -0.3 is 4.90 Å². The van der Waals surface area contributed by atoms with Crippen LogP contribution >= 0.6 is 0 Å². The molecule has 2 aliphatic rings. The lowest BCUT2D eigenvalue weighted by atomic mass is 9.76. The molecular formula is C31H29NO2. The van der Waals surface area contributed by atoms with E-state index in [9.17, 15) is 9.59 Å². The number of rotatable bonds is 6. The quantitative estimate of drug-likeness (QED) is 0.387. The highest BCUT2D eigenvalue weighted by Crippen LogP contribution is 2.41. The highest BCUT2D eigenvalue weighted by Gasteiger charge is 2.36. The van der Waals surface area contributed by atoms with E-state index >= 15 is 0 Å². The molecule has 1 aliphatic heterocycles. The number of nitrogens with zero attached hydrogens (tertiary/aromatic N) is 1. The van der Waals surface area contributed by atoms with Crippen LogP contribution in [0.5, 0.6) is 0 Å². The normalized spacial score (nSPS) is 16.8. The molecule has 0 saturated heterocycles. The Morgan fingerprint density at radius 2 is 1.15 bits per heavy atom. The summed E-state index contributed by atoms with van der Waals surface area (Å²) in [5, 5.41) is 0. The minimum absolute atomic E-state index is 0.0247. The van der Waals surface area contributed by atoms with Gasteiger partial charge in [0.1, 0.15) is 0 Å². The molecule has 1 heterocycles. The summed E-state index contributed by atoms with van der Waals surface area (Å²) in [5.74, 6) is -0.467. The zero-order chi connectivity index (χ0) is 23.5. The van der Waals surface area contributed by atoms with Crippen molar-refractivity contribution in [2.45, 2.75) is 44.6 Å². The van der Waals surface area contributed by atoms with Gasteiger partial charge in [0.05, 0.1) is 0 Å². The molecule has 0 unspecified atom stereocenters. The van der Waals surface area contributed by atoms with E-state index in [1.165, 1.54) is 12.8 Å². The molecular weight excluding hydrogens is 418 g/mol. The minimum Gasteiger partial charge on any atom is -0.350 e. The number of benzene rings is 3. The predicted octanol–water partition coefficient (Wildman–Crippen LogP) is 6.87. The highest BCUT2D eigenvalue weighted by atomic mass is 16.1. The van der Waals surface area contributed by atoms with E-state index in [0.717, 1.165) is 24.0 Å². The zero-order valence-corrected chi connectivity index (χ0v) is 19.5. The standard InChI is InChI=1S/C31H29NO2/c1-22-12-8-11-19-26(22)29-27(30(33)23-13-4-2-5-14-23)20-32(25-17-9-10-18-25)21-28(29)31(34)24-15-6-3-7-16-24/h2-8,11-16,19-21,25,29H,9-10,17-18H2,1H3. The van der Waals surface area contributed by atoms with Gasteiger partial charge in [-0.3, -0.25) is 9.59 Å². The lowest BCUT2D eigenvalue weighted by Gasteiger charge is -2.35. The average Bonchev–Trinajstić information content (AvgIpc) is 3.44. The Bertz CT molecular complexity index is 1180. The maximum atomic E-state index is 13.9. The lowest BCUT2D eigenvalue weighted by molar-refractivity contribution is 0.101. The van der Waals surface area contributed by atoms with E-state index < -0.39 is 5.92 Å². The summed E-state index contributed by atoms with van der Waals surface area (Å²) in [5.41, 5.74) is 4.68. The number of hydrogen-bond donors (Lipinski definition) is 0. The van der Waals surface area contributed by atoms with Gasteiger partial charge >= 0.3 is 0 Å². The molecule has 1 saturated carbocycles. The van der Waals surface area contributed by atoms with Gasteiger partial charge in [-0.1, -0.05) is 97.8 Å². The van der Waals surface area contributed by atoms with Crippen molar-refractivity contribution in [3.8, 4) is 0 Å². The topological polar surface area (TPSA) is 37.4 Å². The van der Waals surface area contributed by atoms with Gasteiger partial charge in [0, 0.05) is 46.6 Å². The van der Waals surface area contributed by atoms with Crippen LogP contribution in [-0.4, -0.2) is 22.5 Å². The van der Waals surface area contributed by atoms with Crippen molar-refractivity contribution in [3.63, 3.8) is 0 Å². The van der Waals surface area contributed by atoms with Crippen molar-refractivity contribution < 1.29 is 9.59 Å². The monoisotopic (exact) mass is 447 g/mol. The van der Waals surface area contributed by atoms with Crippen LogP contribution in [0.2, 0.25) is 0 Å². The molecule has 0 radical (unpaired) electrons. The van der Waals surface area contributed by atoms with Crippen LogP contribution in [-0.2, 0) is 0 Å². The second-order valence-corrected chi connectivity index (χ2v) is 9.23. The van der Waals surface area contributed by atoms with Gasteiger partial charge in [-0.15, -0.1) is 0 Å². The summed E-state index contributed by atoms with van der Waals surface area (Å²) >= 11 is 0. The van der Waals surface area contributed by atoms with E-state index in [-0.39, 0.29) is 11.6 Å². The molecule has 0 N–H and O–H groups in total. The van der Waals surface area contributed by atoms with Crippen LogP contribution in [0, 0.1) is 6.92 Å². The molecule has 0 spiro atoms. The predicted molar refractivity (Wildman–Crippen MR) is 136 cm³/mol. The van der Waals surface area contributed by atoms with E-state index in [1.807, 2.05) is 104 Å². The van der Waals surface area contributed by atoms with Crippen LogP contribution < -0.4 is 0 Å². The van der Waals surface area contributed by atoms with Crippen LogP contribution in [0.15, 0.2) is 108 Å². The Labute approximate surface area is 201 Å². The smallest absolute Gasteiger partial charge is 0.191 e. The zero-order valence-electron chi connectivity index (χ0n) is 19.5. The molecule has 0 amide bonds. The Hall–Kier alpha value is -3.72. The van der Waals surface area contributed by atoms with Crippen molar-refractivity contribution in [1.29, 1.82) is 0 Å². The third kappa shape index (κ3) is 4.26. The maximum absolute atomic E-state index is 13.9. The van der Waals surface area contributed by atoms with Gasteiger partial charge in [-0.05, 0) is 30.9 Å². The van der Waals surface area contributed by atoms with Gasteiger partial charge in [0.25, 0.3) is 0 Å². The Kier molecular flexibility index (Phi) is 6.27. The number of hydrogen-bond acceptors (Lipinski definition) is 3. The molecule has 5 rings (SSSR count). The van der Waals surface area contributed by atoms with Crippen molar-refractivity contribution in [1.82, 2.24) is 4.90 Å². The molecule has 0 atom stereocenters. The molecule has 3 aromatic rings. The molecule has 0 aromatic heterocycles. The summed E-state index contributed by atoms with van der Waals surface area (Å²) < 4.78 is 0. The summed E-state index contributed by atoms with van der Waals surface area (Å²) in [6, 6.07) is 27.2. The fourth-order valence-electron chi connectivity index (χ4n) is 5.23. The van der Waals surface area contributed by atoms with E-state index in [0.29, 0.717) is 28.3 Å². The first kappa shape index (κ1) is 22.1. The van der Waals surface area contributed by atoms with E-state index in [4.69, 9.17) is 0 Å². The van der Waals surface area contributed by atoms with Gasteiger partial charge in [0.2, 0.25) is 0 Å². The highest BCUT2D eigenvalue weighted by molar-refractivity contribution is 6.15. The van der Waals surface area contributed by atoms with Gasteiger partial charge in [0.15, 0.2) is 11.6 Å². The Balaban J connectivity index is 1.68. The fraction of sp³-hybridized carbons (Fsp3) is 0.226. The number of aryl methyl sites for hydroxylation is 1. The molecule has 170 valence electrons. The fourth-order valence-corrected chi connectivity index (χ4v) is 5.23. The molecule has 3 nitrogen and oxygen atoms in total. The third-order valence-corrected chi connectivity index (χ3v) is 7.04. The minimum atomic E-state index is -0.417. The molecule has 1 aliphatic carbocycles. The number of allylic oxidation sites excluding steroid dienone is 2. The van der Waals surface area contributed by atoms with Crippen LogP contribution in [0.3, 0.4) is 0 Å². The van der Waals surface area contributed by atoms with Crippen LogP contribution in [0.4, 0.5) is 0 Å². The van der Waals surface area contributed by atoms with E-state index in [1.54, 1.807) is 0 Å². The second kappa shape index (κ2) is 9.64. The van der Waals surface area contributed by atoms with Crippen molar-refractivity contribution in [2.24, 2.45) is 0 Å². The molecule has 3 heteroatoms. The maximum Gasteiger partial charge on any atom is 0.191 e. The summed E-state index contributed by atoms with van der Waals surface area (Å²) in [7, 11) is 0. The SMILES string of the molecule is Cc1ccccc1C1C(C(=O)c2ccccc2)=CN(C2CCCC2)C=C1C(=O)c1ccccc1. The van der Waals surface area contributed by atoms with E-state index in [2.05, 4.69) is 4.90 Å². The number of ketones is 2. The number of Topliss-reactive ketones (excluding diaryl/α,β-unsaturated/α-hetero) is 2. The van der Waals surface area contributed by atoms with Gasteiger partial charge in [-0.2, -0.15) is 0 Å². The average molecular weight is 448 g/mol. The largest absolute Gasteiger partial charge is 0.350 e. The summed E-state index contributed by atoms with van der Waals surface area (Å²) in [6.45, 7) is 2.05. The first-order valence-electron chi connectivity index (χ1n) is 12.1. The van der Waals surface area contributed by atoms with Crippen LogP contribution in [0.1, 0.15) is 63.4 Å². The third-order valence-electron chi connectivity index (χ3n) is 7.04. The summed E-state index contributed by atoms with van der Waals surface area (Å²) in [6.07, 6.45) is 8.53. The number of carbonyl (C=O) groups excluding carboxylic acids is 2. The molecule has 1 fully saturated rings. The summed E-state index contributed by atoms with van der Waals surface area (Å²) in [4.78, 5) is 30.0. The molecule has 0 bridgehead atoms. The lowest BCUT2D eigenvalue weighted by Crippen LogP contribution is -2.32. The van der Waals surface area contributed by atoms with Crippen molar-refractivity contribution in [3.05, 3.63) is 131 Å². The first-order chi connectivity index (χ1) is 16.6. The first-order valence-corrected chi connectivity index (χ1v) is 12.1. The van der Waals surface area contributed by atoms with Crippen molar-refractivity contribution in [2.75, 3.05) is 0 Å². The molecule has 34 heavy (non-hydrogen) atoms. The Morgan fingerprint density at radius 3 is 1.65 bits per heavy atom. The molecule has 3 aromatic carbocycles. The van der Waals surface area contributed by atoms with Crippen molar-refractivity contribution >= 4 is 11.6 Å². The van der Waals surface area contributed by atoms with Gasteiger partial charge in [-0.25, -0.2) is 0 Å². The second-order valence-electron chi connectivity index (χ2n) is 9.23.